The Hall–Kier alpha value is -2.04. The predicted octanol–water partition coefficient (Wildman–Crippen LogP) is 3.75. The standard InChI is InChI=1S/C22H31N3O/c1-18(2)21(24-20-9-4-3-5-10-20)17-23-16-19-8-6-7-11-22(19)25-12-14-26-15-13-25/h3-11,18,21,23-24H,12-17H2,1-2H3/t21-/m1/s1. The Labute approximate surface area is 157 Å². The van der Waals surface area contributed by atoms with Crippen molar-refractivity contribution in [3.63, 3.8) is 0 Å². The van der Waals surface area contributed by atoms with Crippen molar-refractivity contribution in [3.05, 3.63) is 60.2 Å². The Bertz CT molecular complexity index is 653. The molecule has 2 aromatic rings. The number of nitrogens with one attached hydrogen (secondary N) is 2. The zero-order valence-corrected chi connectivity index (χ0v) is 15.9. The molecule has 0 aliphatic carbocycles. The van der Waals surface area contributed by atoms with Gasteiger partial charge in [0.25, 0.3) is 0 Å². The molecule has 4 heteroatoms. The Balaban J connectivity index is 1.57. The molecule has 26 heavy (non-hydrogen) atoms. The Morgan fingerprint density at radius 2 is 1.65 bits per heavy atom. The van der Waals surface area contributed by atoms with Gasteiger partial charge in [0.15, 0.2) is 0 Å². The van der Waals surface area contributed by atoms with Gasteiger partial charge >= 0.3 is 0 Å². The minimum absolute atomic E-state index is 0.396. The molecule has 1 aliphatic heterocycles. The number of morpholine rings is 1. The van der Waals surface area contributed by atoms with Gasteiger partial charge in [-0.05, 0) is 29.7 Å². The SMILES string of the molecule is CC(C)[C@@H](CNCc1ccccc1N1CCOCC1)Nc1ccccc1. The number of ether oxygens (including phenoxy) is 1. The van der Waals surface area contributed by atoms with Crippen molar-refractivity contribution in [2.45, 2.75) is 26.4 Å². The number of benzene rings is 2. The van der Waals surface area contributed by atoms with Gasteiger partial charge in [0.05, 0.1) is 13.2 Å². The van der Waals surface area contributed by atoms with Gasteiger partial charge in [0.1, 0.15) is 0 Å². The predicted molar refractivity (Wildman–Crippen MR) is 110 cm³/mol. The molecule has 1 atom stereocenters. The van der Waals surface area contributed by atoms with E-state index in [9.17, 15) is 0 Å². The minimum atomic E-state index is 0.396. The molecule has 1 saturated heterocycles. The lowest BCUT2D eigenvalue weighted by molar-refractivity contribution is 0.122. The van der Waals surface area contributed by atoms with Gasteiger partial charge in [0.2, 0.25) is 0 Å². The molecule has 140 valence electrons. The summed E-state index contributed by atoms with van der Waals surface area (Å²) in [7, 11) is 0. The summed E-state index contributed by atoms with van der Waals surface area (Å²) in [4.78, 5) is 2.43. The summed E-state index contributed by atoms with van der Waals surface area (Å²) >= 11 is 0. The molecule has 2 aromatic carbocycles. The third kappa shape index (κ3) is 5.23. The molecular weight excluding hydrogens is 322 g/mol. The number of anilines is 2. The van der Waals surface area contributed by atoms with Crippen molar-refractivity contribution in [1.82, 2.24) is 5.32 Å². The van der Waals surface area contributed by atoms with Gasteiger partial charge in [-0.2, -0.15) is 0 Å². The molecule has 4 nitrogen and oxygen atoms in total. The van der Waals surface area contributed by atoms with Gasteiger partial charge in [-0.3, -0.25) is 0 Å². The van der Waals surface area contributed by atoms with Crippen LogP contribution in [0.25, 0.3) is 0 Å². The third-order valence-corrected chi connectivity index (χ3v) is 4.95. The molecule has 0 aromatic heterocycles. The van der Waals surface area contributed by atoms with E-state index in [1.54, 1.807) is 0 Å². The Morgan fingerprint density at radius 1 is 0.962 bits per heavy atom. The first-order valence-corrected chi connectivity index (χ1v) is 9.67. The average molecular weight is 354 g/mol. The van der Waals surface area contributed by atoms with Gasteiger partial charge in [-0.1, -0.05) is 50.2 Å². The van der Waals surface area contributed by atoms with Crippen LogP contribution in [0.15, 0.2) is 54.6 Å². The number of hydrogen-bond donors (Lipinski definition) is 2. The number of nitrogens with zero attached hydrogens (tertiary/aromatic N) is 1. The first kappa shape index (κ1) is 18.7. The van der Waals surface area contributed by atoms with Gasteiger partial charge in [-0.15, -0.1) is 0 Å². The van der Waals surface area contributed by atoms with Crippen molar-refractivity contribution in [2.24, 2.45) is 5.92 Å². The second-order valence-electron chi connectivity index (χ2n) is 7.22. The molecule has 0 saturated carbocycles. The van der Waals surface area contributed by atoms with Crippen LogP contribution in [0.5, 0.6) is 0 Å². The van der Waals surface area contributed by atoms with Gasteiger partial charge < -0.3 is 20.3 Å². The highest BCUT2D eigenvalue weighted by Crippen LogP contribution is 2.21. The van der Waals surface area contributed by atoms with Crippen LogP contribution in [0.3, 0.4) is 0 Å². The molecule has 1 aliphatic rings. The Kier molecular flexibility index (Phi) is 6.92. The molecule has 2 N–H and O–H groups in total. The van der Waals surface area contributed by atoms with Crippen LogP contribution in [-0.4, -0.2) is 38.9 Å². The van der Waals surface area contributed by atoms with E-state index in [1.165, 1.54) is 16.9 Å². The van der Waals surface area contributed by atoms with Crippen molar-refractivity contribution in [3.8, 4) is 0 Å². The first-order valence-electron chi connectivity index (χ1n) is 9.67. The van der Waals surface area contributed by atoms with Crippen molar-refractivity contribution in [2.75, 3.05) is 43.1 Å². The maximum Gasteiger partial charge on any atom is 0.0642 e. The number of rotatable bonds is 8. The quantitative estimate of drug-likeness (QED) is 0.758. The van der Waals surface area contributed by atoms with Crippen LogP contribution in [0.1, 0.15) is 19.4 Å². The fourth-order valence-electron chi connectivity index (χ4n) is 3.34. The second-order valence-corrected chi connectivity index (χ2v) is 7.22. The van der Waals surface area contributed by atoms with E-state index in [0.29, 0.717) is 12.0 Å². The molecule has 0 bridgehead atoms. The lowest BCUT2D eigenvalue weighted by atomic mass is 10.0. The smallest absolute Gasteiger partial charge is 0.0642 e. The fraction of sp³-hybridized carbons (Fsp3) is 0.455. The molecule has 0 unspecified atom stereocenters. The lowest BCUT2D eigenvalue weighted by Crippen LogP contribution is -2.38. The summed E-state index contributed by atoms with van der Waals surface area (Å²) in [6.45, 7) is 9.93. The first-order chi connectivity index (χ1) is 12.7. The highest BCUT2D eigenvalue weighted by Gasteiger charge is 2.16. The maximum absolute atomic E-state index is 5.49. The van der Waals surface area contributed by atoms with Crippen molar-refractivity contribution < 1.29 is 4.74 Å². The molecule has 1 fully saturated rings. The minimum Gasteiger partial charge on any atom is -0.381 e. The van der Waals surface area contributed by atoms with Gasteiger partial charge in [-0.25, -0.2) is 0 Å². The zero-order valence-electron chi connectivity index (χ0n) is 15.9. The average Bonchev–Trinajstić information content (AvgIpc) is 2.69. The van der Waals surface area contributed by atoms with Crippen LogP contribution >= 0.6 is 0 Å². The summed E-state index contributed by atoms with van der Waals surface area (Å²) < 4.78 is 5.49. The van der Waals surface area contributed by atoms with Crippen molar-refractivity contribution >= 4 is 11.4 Å². The Morgan fingerprint density at radius 3 is 2.38 bits per heavy atom. The van der Waals surface area contributed by atoms with Crippen LogP contribution in [0.2, 0.25) is 0 Å². The maximum atomic E-state index is 5.49. The van der Waals surface area contributed by atoms with Crippen LogP contribution in [0, 0.1) is 5.92 Å². The van der Waals surface area contributed by atoms with E-state index in [0.717, 1.165) is 39.4 Å². The second kappa shape index (κ2) is 9.60. The largest absolute Gasteiger partial charge is 0.381 e. The number of hydrogen-bond acceptors (Lipinski definition) is 4. The lowest BCUT2D eigenvalue weighted by Gasteiger charge is -2.31. The van der Waals surface area contributed by atoms with E-state index in [1.807, 2.05) is 0 Å². The molecule has 1 heterocycles. The van der Waals surface area contributed by atoms with Gasteiger partial charge in [0, 0.05) is 43.6 Å². The molecule has 0 spiro atoms. The monoisotopic (exact) mass is 353 g/mol. The highest BCUT2D eigenvalue weighted by molar-refractivity contribution is 5.54. The van der Waals surface area contributed by atoms with Crippen molar-refractivity contribution in [1.29, 1.82) is 0 Å². The fourth-order valence-corrected chi connectivity index (χ4v) is 3.34. The summed E-state index contributed by atoms with van der Waals surface area (Å²) in [5, 5.41) is 7.32. The molecule has 0 radical (unpaired) electrons. The van der Waals surface area contributed by atoms with E-state index < -0.39 is 0 Å². The van der Waals surface area contributed by atoms with E-state index in [4.69, 9.17) is 4.74 Å². The molecule has 3 rings (SSSR count). The van der Waals surface area contributed by atoms with E-state index >= 15 is 0 Å². The normalized spacial score (nSPS) is 15.9. The zero-order chi connectivity index (χ0) is 18.2. The highest BCUT2D eigenvalue weighted by atomic mass is 16.5. The summed E-state index contributed by atoms with van der Waals surface area (Å²) in [5.74, 6) is 0.553. The topological polar surface area (TPSA) is 36.5 Å². The van der Waals surface area contributed by atoms with Crippen LogP contribution < -0.4 is 15.5 Å². The summed E-state index contributed by atoms with van der Waals surface area (Å²) in [5.41, 5.74) is 3.87. The van der Waals surface area contributed by atoms with Crippen LogP contribution in [-0.2, 0) is 11.3 Å². The van der Waals surface area contributed by atoms with E-state index in [-0.39, 0.29) is 0 Å². The molecular formula is C22H31N3O. The molecule has 0 amide bonds. The third-order valence-electron chi connectivity index (χ3n) is 4.95. The van der Waals surface area contributed by atoms with E-state index in [2.05, 4.69) is 84.0 Å². The van der Waals surface area contributed by atoms with Crippen LogP contribution in [0.4, 0.5) is 11.4 Å². The summed E-state index contributed by atoms with van der Waals surface area (Å²) in [6, 6.07) is 19.6. The summed E-state index contributed by atoms with van der Waals surface area (Å²) in [6.07, 6.45) is 0. The number of para-hydroxylation sites is 2.